The van der Waals surface area contributed by atoms with Crippen LogP contribution in [0.15, 0.2) is 79.1 Å². The molecule has 0 fully saturated rings. The topological polar surface area (TPSA) is 67.3 Å². The van der Waals surface area contributed by atoms with Gasteiger partial charge in [-0.05, 0) is 30.3 Å². The number of phenols is 1. The molecule has 4 aromatic rings. The summed E-state index contributed by atoms with van der Waals surface area (Å²) in [4.78, 5) is 8.82. The van der Waals surface area contributed by atoms with Crippen molar-refractivity contribution in [3.05, 3.63) is 90.4 Å². The first kappa shape index (κ1) is 16.8. The zero-order valence-corrected chi connectivity index (χ0v) is 14.8. The van der Waals surface area contributed by atoms with E-state index in [9.17, 15) is 5.11 Å². The fourth-order valence-electron chi connectivity index (χ4n) is 3.12. The van der Waals surface area contributed by atoms with Gasteiger partial charge in [0.05, 0.1) is 18.8 Å². The maximum Gasteiger partial charge on any atom is 0.147 e. The number of hydrogen-bond acceptors (Lipinski definition) is 5. The molecule has 2 N–H and O–H groups in total. The van der Waals surface area contributed by atoms with Gasteiger partial charge in [0.15, 0.2) is 0 Å². The number of nitrogens with zero attached hydrogens (tertiary/aromatic N) is 2. The van der Waals surface area contributed by atoms with Crippen molar-refractivity contribution in [2.45, 2.75) is 6.04 Å². The van der Waals surface area contributed by atoms with Crippen LogP contribution in [0.2, 0.25) is 0 Å². The van der Waals surface area contributed by atoms with Gasteiger partial charge in [-0.15, -0.1) is 0 Å². The number of anilines is 1. The van der Waals surface area contributed by atoms with Crippen LogP contribution in [-0.2, 0) is 0 Å². The number of methoxy groups -OCH3 is 1. The summed E-state index contributed by atoms with van der Waals surface area (Å²) in [6, 6.07) is 20.7. The summed E-state index contributed by atoms with van der Waals surface area (Å²) in [6.45, 7) is 0. The van der Waals surface area contributed by atoms with E-state index in [1.165, 1.54) is 0 Å². The van der Waals surface area contributed by atoms with E-state index in [1.54, 1.807) is 19.5 Å². The minimum absolute atomic E-state index is 0.152. The highest BCUT2D eigenvalue weighted by Gasteiger charge is 2.21. The monoisotopic (exact) mass is 357 g/mol. The second-order valence-corrected chi connectivity index (χ2v) is 6.14. The lowest BCUT2D eigenvalue weighted by atomic mass is 9.99. The largest absolute Gasteiger partial charge is 0.505 e. The van der Waals surface area contributed by atoms with Gasteiger partial charge in [0.1, 0.15) is 17.0 Å². The molecule has 0 saturated heterocycles. The number of benzene rings is 2. The molecule has 2 aromatic carbocycles. The Labute approximate surface area is 157 Å². The summed E-state index contributed by atoms with van der Waals surface area (Å²) >= 11 is 0. The molecule has 5 heteroatoms. The van der Waals surface area contributed by atoms with E-state index in [1.807, 2.05) is 66.7 Å². The third-order valence-electron chi connectivity index (χ3n) is 4.45. The van der Waals surface area contributed by atoms with E-state index in [2.05, 4.69) is 15.3 Å². The SMILES string of the molecule is COc1cccc(NC(c2ccccn2)c2ccc3cccnc3c2O)c1. The van der Waals surface area contributed by atoms with Crippen molar-refractivity contribution in [2.24, 2.45) is 0 Å². The number of hydrogen-bond donors (Lipinski definition) is 2. The van der Waals surface area contributed by atoms with Crippen molar-refractivity contribution >= 4 is 16.6 Å². The second-order valence-electron chi connectivity index (χ2n) is 6.14. The molecule has 1 unspecified atom stereocenters. The molecule has 0 aliphatic carbocycles. The van der Waals surface area contributed by atoms with Gasteiger partial charge in [0.2, 0.25) is 0 Å². The van der Waals surface area contributed by atoms with Gasteiger partial charge in [-0.1, -0.05) is 30.3 Å². The molecule has 0 spiro atoms. The van der Waals surface area contributed by atoms with E-state index in [0.29, 0.717) is 11.1 Å². The van der Waals surface area contributed by atoms with Gasteiger partial charge >= 0.3 is 0 Å². The van der Waals surface area contributed by atoms with Gasteiger partial charge in [-0.2, -0.15) is 0 Å². The number of rotatable bonds is 5. The molecule has 0 saturated carbocycles. The lowest BCUT2D eigenvalue weighted by Crippen LogP contribution is -2.14. The predicted molar refractivity (Wildman–Crippen MR) is 106 cm³/mol. The maximum atomic E-state index is 10.9. The zero-order valence-electron chi connectivity index (χ0n) is 14.8. The van der Waals surface area contributed by atoms with E-state index >= 15 is 0 Å². The Morgan fingerprint density at radius 2 is 1.81 bits per heavy atom. The minimum atomic E-state index is -0.343. The summed E-state index contributed by atoms with van der Waals surface area (Å²) in [7, 11) is 1.64. The molecule has 5 nitrogen and oxygen atoms in total. The van der Waals surface area contributed by atoms with Crippen LogP contribution in [0.5, 0.6) is 11.5 Å². The molecule has 0 aliphatic rings. The molecule has 2 aromatic heterocycles. The first-order valence-corrected chi connectivity index (χ1v) is 8.64. The van der Waals surface area contributed by atoms with E-state index < -0.39 is 0 Å². The average Bonchev–Trinajstić information content (AvgIpc) is 2.74. The summed E-state index contributed by atoms with van der Waals surface area (Å²) < 4.78 is 5.31. The van der Waals surface area contributed by atoms with Crippen LogP contribution in [0.3, 0.4) is 0 Å². The van der Waals surface area contributed by atoms with Crippen molar-refractivity contribution in [2.75, 3.05) is 12.4 Å². The molecule has 0 bridgehead atoms. The summed E-state index contributed by atoms with van der Waals surface area (Å²) in [5, 5.41) is 15.3. The van der Waals surface area contributed by atoms with Crippen molar-refractivity contribution in [1.29, 1.82) is 0 Å². The van der Waals surface area contributed by atoms with E-state index in [-0.39, 0.29) is 11.8 Å². The number of aromatic nitrogens is 2. The first-order valence-electron chi connectivity index (χ1n) is 8.64. The quantitative estimate of drug-likeness (QED) is 0.549. The van der Waals surface area contributed by atoms with Crippen LogP contribution < -0.4 is 10.1 Å². The molecule has 4 rings (SSSR count). The van der Waals surface area contributed by atoms with Gasteiger partial charge in [-0.3, -0.25) is 9.97 Å². The Hall–Kier alpha value is -3.60. The number of fused-ring (bicyclic) bond motifs is 1. The van der Waals surface area contributed by atoms with Crippen LogP contribution in [0.25, 0.3) is 10.9 Å². The second kappa shape index (κ2) is 7.33. The fraction of sp³-hybridized carbons (Fsp3) is 0.0909. The average molecular weight is 357 g/mol. The number of aromatic hydroxyl groups is 1. The molecule has 0 radical (unpaired) electrons. The highest BCUT2D eigenvalue weighted by atomic mass is 16.5. The highest BCUT2D eigenvalue weighted by molar-refractivity contribution is 5.86. The molecular weight excluding hydrogens is 338 g/mol. The lowest BCUT2D eigenvalue weighted by molar-refractivity contribution is 0.415. The van der Waals surface area contributed by atoms with Gasteiger partial charge in [0.25, 0.3) is 0 Å². The number of phenolic OH excluding ortho intramolecular Hbond substituents is 1. The Kier molecular flexibility index (Phi) is 4.58. The van der Waals surface area contributed by atoms with E-state index in [0.717, 1.165) is 22.5 Å². The third-order valence-corrected chi connectivity index (χ3v) is 4.45. The molecule has 27 heavy (non-hydrogen) atoms. The Bertz CT molecular complexity index is 1070. The first-order chi connectivity index (χ1) is 13.3. The summed E-state index contributed by atoms with van der Waals surface area (Å²) in [6.07, 6.45) is 3.42. The van der Waals surface area contributed by atoms with Gasteiger partial charge < -0.3 is 15.2 Å². The maximum absolute atomic E-state index is 10.9. The molecule has 0 amide bonds. The van der Waals surface area contributed by atoms with Gasteiger partial charge in [0, 0.05) is 35.1 Å². The summed E-state index contributed by atoms with van der Waals surface area (Å²) in [5.41, 5.74) is 2.95. The van der Waals surface area contributed by atoms with Crippen LogP contribution in [0.1, 0.15) is 17.3 Å². The fourth-order valence-corrected chi connectivity index (χ4v) is 3.12. The Balaban J connectivity index is 1.82. The standard InChI is InChI=1S/C22H19N3O2/c1-27-17-8-4-7-16(14-17)25-21(19-9-2-3-12-23-19)18-11-10-15-6-5-13-24-20(15)22(18)26/h2-14,21,25-26H,1H3. The van der Waals surface area contributed by atoms with Crippen molar-refractivity contribution < 1.29 is 9.84 Å². The van der Waals surface area contributed by atoms with Crippen LogP contribution in [0, 0.1) is 0 Å². The summed E-state index contributed by atoms with van der Waals surface area (Å²) in [5.74, 6) is 0.906. The minimum Gasteiger partial charge on any atom is -0.505 e. The third kappa shape index (κ3) is 3.40. The lowest BCUT2D eigenvalue weighted by Gasteiger charge is -2.22. The van der Waals surface area contributed by atoms with E-state index in [4.69, 9.17) is 4.74 Å². The number of nitrogens with one attached hydrogen (secondary N) is 1. The Morgan fingerprint density at radius 3 is 2.63 bits per heavy atom. The van der Waals surface area contributed by atoms with Crippen LogP contribution >= 0.6 is 0 Å². The van der Waals surface area contributed by atoms with Crippen molar-refractivity contribution in [1.82, 2.24) is 9.97 Å². The van der Waals surface area contributed by atoms with Gasteiger partial charge in [-0.25, -0.2) is 0 Å². The zero-order chi connectivity index (χ0) is 18.6. The van der Waals surface area contributed by atoms with Crippen molar-refractivity contribution in [3.8, 4) is 11.5 Å². The smallest absolute Gasteiger partial charge is 0.147 e. The molecular formula is C22H19N3O2. The normalized spacial score (nSPS) is 11.9. The Morgan fingerprint density at radius 1 is 0.926 bits per heavy atom. The number of pyridine rings is 2. The highest BCUT2D eigenvalue weighted by Crippen LogP contribution is 2.36. The van der Waals surface area contributed by atoms with Crippen LogP contribution in [0.4, 0.5) is 5.69 Å². The molecule has 2 heterocycles. The molecule has 134 valence electrons. The predicted octanol–water partition coefficient (Wildman–Crippen LogP) is 4.55. The molecule has 1 atom stereocenters. The number of ether oxygens (including phenoxy) is 1. The van der Waals surface area contributed by atoms with Crippen molar-refractivity contribution in [3.63, 3.8) is 0 Å². The van der Waals surface area contributed by atoms with Crippen LogP contribution in [-0.4, -0.2) is 22.2 Å². The molecule has 0 aliphatic heterocycles.